The quantitative estimate of drug-likeness (QED) is 0.451. The maximum Gasteiger partial charge on any atom is 0.248 e. The maximum absolute atomic E-state index is 13.7. The molecule has 2 aliphatic heterocycles. The van der Waals surface area contributed by atoms with Crippen LogP contribution in [0.25, 0.3) is 10.9 Å². The Bertz CT molecular complexity index is 1390. The molecule has 3 fully saturated rings. The summed E-state index contributed by atoms with van der Waals surface area (Å²) >= 11 is 1.12. The number of nitrogens with zero attached hydrogens (tertiary/aromatic N) is 5. The van der Waals surface area contributed by atoms with Gasteiger partial charge in [-0.3, -0.25) is 19.2 Å². The SMILES string of the molecule is COc1cc2nc(N3CCN(C(=O)C4CCC4)CC3)nc(NC(=O)[C@@H]3CCCN3C(=O)C(C)CSC(C)=O)c2cc1OC. The van der Waals surface area contributed by atoms with Gasteiger partial charge in [-0.25, -0.2) is 4.98 Å². The lowest BCUT2D eigenvalue weighted by Gasteiger charge is -2.38. The number of carbonyl (C=O) groups is 4. The molecular formula is C30H40N6O6S. The van der Waals surface area contributed by atoms with Gasteiger partial charge in [0.05, 0.1) is 19.7 Å². The van der Waals surface area contributed by atoms with Gasteiger partial charge >= 0.3 is 0 Å². The van der Waals surface area contributed by atoms with Crippen LogP contribution in [0.15, 0.2) is 12.1 Å². The van der Waals surface area contributed by atoms with E-state index in [-0.39, 0.29) is 34.7 Å². The van der Waals surface area contributed by atoms with Crippen molar-refractivity contribution in [1.29, 1.82) is 0 Å². The van der Waals surface area contributed by atoms with E-state index in [4.69, 9.17) is 19.4 Å². The molecular weight excluding hydrogens is 572 g/mol. The number of anilines is 2. The lowest BCUT2D eigenvalue weighted by atomic mass is 9.84. The summed E-state index contributed by atoms with van der Waals surface area (Å²) in [6, 6.07) is 2.85. The number of nitrogens with one attached hydrogen (secondary N) is 1. The van der Waals surface area contributed by atoms with Crippen molar-refractivity contribution in [3.8, 4) is 11.5 Å². The summed E-state index contributed by atoms with van der Waals surface area (Å²) in [6.45, 7) is 6.07. The van der Waals surface area contributed by atoms with E-state index in [1.165, 1.54) is 14.0 Å². The monoisotopic (exact) mass is 612 g/mol. The van der Waals surface area contributed by atoms with Gasteiger partial charge in [-0.05, 0) is 31.7 Å². The predicted octanol–water partition coefficient (Wildman–Crippen LogP) is 2.94. The number of fused-ring (bicyclic) bond motifs is 1. The molecule has 13 heteroatoms. The fraction of sp³-hybridized carbons (Fsp3) is 0.600. The van der Waals surface area contributed by atoms with Crippen LogP contribution in [0.5, 0.6) is 11.5 Å². The van der Waals surface area contributed by atoms with E-state index in [1.54, 1.807) is 31.1 Å². The first-order valence-electron chi connectivity index (χ1n) is 14.9. The Morgan fingerprint density at radius 2 is 1.67 bits per heavy atom. The normalized spacial score (nSPS) is 19.6. The van der Waals surface area contributed by atoms with E-state index in [1.807, 2.05) is 9.80 Å². The smallest absolute Gasteiger partial charge is 0.248 e. The van der Waals surface area contributed by atoms with Gasteiger partial charge in [-0.1, -0.05) is 25.1 Å². The van der Waals surface area contributed by atoms with Crippen LogP contribution in [0, 0.1) is 11.8 Å². The van der Waals surface area contributed by atoms with Crippen molar-refractivity contribution >= 4 is 57.3 Å². The van der Waals surface area contributed by atoms with Crippen LogP contribution < -0.4 is 19.7 Å². The average Bonchev–Trinajstić information content (AvgIpc) is 3.48. The molecule has 3 aliphatic rings. The third-order valence-electron chi connectivity index (χ3n) is 8.56. The second kappa shape index (κ2) is 13.4. The minimum Gasteiger partial charge on any atom is -0.493 e. The van der Waals surface area contributed by atoms with Crippen LogP contribution in [0.3, 0.4) is 0 Å². The zero-order valence-electron chi connectivity index (χ0n) is 25.3. The summed E-state index contributed by atoms with van der Waals surface area (Å²) in [4.78, 5) is 66.3. The molecule has 2 atom stereocenters. The molecule has 1 unspecified atom stereocenters. The molecule has 1 aromatic carbocycles. The van der Waals surface area contributed by atoms with Gasteiger partial charge in [0.2, 0.25) is 23.7 Å². The van der Waals surface area contributed by atoms with Crippen LogP contribution in [0.1, 0.15) is 46.0 Å². The van der Waals surface area contributed by atoms with Crippen LogP contribution >= 0.6 is 11.8 Å². The molecule has 2 aromatic rings. The van der Waals surface area contributed by atoms with E-state index in [9.17, 15) is 19.2 Å². The van der Waals surface area contributed by atoms with E-state index in [0.717, 1.165) is 31.0 Å². The molecule has 3 heterocycles. The van der Waals surface area contributed by atoms with Crippen molar-refractivity contribution in [3.63, 3.8) is 0 Å². The Hall–Kier alpha value is -3.61. The predicted molar refractivity (Wildman–Crippen MR) is 164 cm³/mol. The number of hydrogen-bond acceptors (Lipinski definition) is 10. The summed E-state index contributed by atoms with van der Waals surface area (Å²) in [7, 11) is 3.09. The fourth-order valence-corrected chi connectivity index (χ4v) is 6.45. The highest BCUT2D eigenvalue weighted by Gasteiger charge is 2.37. The minimum atomic E-state index is -0.646. The fourth-order valence-electron chi connectivity index (χ4n) is 5.82. The number of thioether (sulfide) groups is 1. The van der Waals surface area contributed by atoms with Gasteiger partial charge in [-0.2, -0.15) is 4.98 Å². The molecule has 12 nitrogen and oxygen atoms in total. The molecule has 232 valence electrons. The van der Waals surface area contributed by atoms with Crippen molar-refractivity contribution in [2.24, 2.45) is 11.8 Å². The van der Waals surface area contributed by atoms with E-state index < -0.39 is 6.04 Å². The highest BCUT2D eigenvalue weighted by Crippen LogP contribution is 2.36. The third-order valence-corrected chi connectivity index (χ3v) is 9.63. The first-order chi connectivity index (χ1) is 20.7. The first-order valence-corrected chi connectivity index (χ1v) is 15.9. The van der Waals surface area contributed by atoms with Crippen LogP contribution in [-0.4, -0.2) is 101 Å². The number of aromatic nitrogens is 2. The lowest BCUT2D eigenvalue weighted by molar-refractivity contribution is -0.139. The van der Waals surface area contributed by atoms with Crippen molar-refractivity contribution < 1.29 is 28.7 Å². The zero-order chi connectivity index (χ0) is 30.7. The average molecular weight is 613 g/mol. The Morgan fingerprint density at radius 3 is 2.30 bits per heavy atom. The largest absolute Gasteiger partial charge is 0.493 e. The summed E-state index contributed by atoms with van der Waals surface area (Å²) < 4.78 is 11.0. The Kier molecular flexibility index (Phi) is 9.58. The number of carbonyl (C=O) groups excluding carboxylic acids is 4. The molecule has 1 aliphatic carbocycles. The summed E-state index contributed by atoms with van der Waals surface area (Å²) in [5.74, 6) is 1.65. The van der Waals surface area contributed by atoms with Gasteiger partial charge in [0.25, 0.3) is 0 Å². The van der Waals surface area contributed by atoms with Crippen LogP contribution in [0.4, 0.5) is 11.8 Å². The Morgan fingerprint density at radius 1 is 0.977 bits per heavy atom. The number of ether oxygens (including phenoxy) is 2. The molecule has 2 saturated heterocycles. The van der Waals surface area contributed by atoms with Gasteiger partial charge in [-0.15, -0.1) is 0 Å². The number of amides is 3. The minimum absolute atomic E-state index is 0.0414. The molecule has 1 N–H and O–H groups in total. The molecule has 1 saturated carbocycles. The standard InChI is InChI=1S/C30H40N6O6S/c1-18(17-43-19(2)37)28(39)36-10-6-9-23(36)27(38)32-26-21-15-24(41-3)25(42-4)16-22(21)31-30(33-26)35-13-11-34(12-14-35)29(40)20-7-5-8-20/h15-16,18,20,23H,5-14,17H2,1-4H3,(H,31,32,33,38)/t18?,23-/m0/s1. The van der Waals surface area contributed by atoms with E-state index in [0.29, 0.717) is 85.5 Å². The summed E-state index contributed by atoms with van der Waals surface area (Å²) in [5.41, 5.74) is 0.570. The lowest BCUT2D eigenvalue weighted by Crippen LogP contribution is -2.51. The molecule has 3 amide bonds. The molecule has 5 rings (SSSR count). The number of likely N-dealkylation sites (tertiary alicyclic amines) is 1. The van der Waals surface area contributed by atoms with Crippen LogP contribution in [-0.2, 0) is 19.2 Å². The van der Waals surface area contributed by atoms with Gasteiger partial charge in [0.1, 0.15) is 11.9 Å². The summed E-state index contributed by atoms with van der Waals surface area (Å²) in [6.07, 6.45) is 4.31. The number of rotatable bonds is 9. The molecule has 0 bridgehead atoms. The zero-order valence-corrected chi connectivity index (χ0v) is 26.1. The summed E-state index contributed by atoms with van der Waals surface area (Å²) in [5, 5.41) is 3.53. The molecule has 1 aromatic heterocycles. The Labute approximate surface area is 255 Å². The highest BCUT2D eigenvalue weighted by atomic mass is 32.2. The maximum atomic E-state index is 13.7. The van der Waals surface area contributed by atoms with Crippen LogP contribution in [0.2, 0.25) is 0 Å². The number of hydrogen-bond donors (Lipinski definition) is 1. The Balaban J connectivity index is 1.39. The third kappa shape index (κ3) is 6.66. The number of methoxy groups -OCH3 is 2. The van der Waals surface area contributed by atoms with Gasteiger partial charge in [0.15, 0.2) is 16.6 Å². The van der Waals surface area contributed by atoms with Gasteiger partial charge < -0.3 is 29.5 Å². The number of piperazine rings is 1. The van der Waals surface area contributed by atoms with Crippen molar-refractivity contribution in [2.75, 3.05) is 62.9 Å². The number of benzene rings is 1. The molecule has 43 heavy (non-hydrogen) atoms. The first kappa shape index (κ1) is 30.8. The highest BCUT2D eigenvalue weighted by molar-refractivity contribution is 8.13. The van der Waals surface area contributed by atoms with Crippen molar-refractivity contribution in [1.82, 2.24) is 19.8 Å². The van der Waals surface area contributed by atoms with E-state index >= 15 is 0 Å². The van der Waals surface area contributed by atoms with E-state index in [2.05, 4.69) is 5.32 Å². The second-order valence-corrected chi connectivity index (χ2v) is 12.6. The molecule has 0 radical (unpaired) electrons. The topological polar surface area (TPSA) is 134 Å². The van der Waals surface area contributed by atoms with Crippen molar-refractivity contribution in [3.05, 3.63) is 12.1 Å². The van der Waals surface area contributed by atoms with Crippen molar-refractivity contribution in [2.45, 2.75) is 52.0 Å². The second-order valence-electron chi connectivity index (χ2n) is 11.4. The molecule has 0 spiro atoms. The van der Waals surface area contributed by atoms with Gasteiger partial charge in [0, 0.05) is 68.7 Å².